The van der Waals surface area contributed by atoms with Crippen LogP contribution in [0.1, 0.15) is 72.1 Å². The summed E-state index contributed by atoms with van der Waals surface area (Å²) in [6.07, 6.45) is 5.59. The lowest BCUT2D eigenvalue weighted by molar-refractivity contribution is -0.883. The number of ether oxygens (including phenoxy) is 5. The Labute approximate surface area is 210 Å². The summed E-state index contributed by atoms with van der Waals surface area (Å²) in [6.45, 7) is 7.45. The van der Waals surface area contributed by atoms with Gasteiger partial charge in [0, 0.05) is 19.3 Å². The summed E-state index contributed by atoms with van der Waals surface area (Å²) in [5.74, 6) is 1.34. The van der Waals surface area contributed by atoms with Gasteiger partial charge in [-0.3, -0.25) is 14.4 Å². The van der Waals surface area contributed by atoms with Gasteiger partial charge in [0.15, 0.2) is 24.6 Å². The van der Waals surface area contributed by atoms with E-state index in [2.05, 4.69) is 20.0 Å². The van der Waals surface area contributed by atoms with E-state index < -0.39 is 42.5 Å². The molecule has 0 bridgehead atoms. The highest BCUT2D eigenvalue weighted by molar-refractivity contribution is 5.71. The highest BCUT2D eigenvalue weighted by atomic mass is 16.7. The molecular formula is C26H44NO8+. The van der Waals surface area contributed by atoms with Crippen LogP contribution in [-0.2, 0) is 38.1 Å². The number of carbonyl (C=O) groups excluding carboxylic acids is 3. The molecule has 1 saturated heterocycles. The van der Waals surface area contributed by atoms with Gasteiger partial charge in [0.2, 0.25) is 0 Å². The molecule has 0 aromatic carbocycles. The van der Waals surface area contributed by atoms with Crippen molar-refractivity contribution in [2.75, 3.05) is 40.4 Å². The molecule has 0 aliphatic carbocycles. The summed E-state index contributed by atoms with van der Waals surface area (Å²) in [4.78, 5) is 37.0. The van der Waals surface area contributed by atoms with E-state index in [9.17, 15) is 14.4 Å². The van der Waals surface area contributed by atoms with Crippen molar-refractivity contribution in [1.82, 2.24) is 0 Å². The largest absolute Gasteiger partial charge is 0.456 e. The Bertz CT molecular complexity index is 702. The average molecular weight is 499 g/mol. The fourth-order valence-electron chi connectivity index (χ4n) is 3.68. The molecule has 1 heterocycles. The lowest BCUT2D eigenvalue weighted by Crippen LogP contribution is -2.58. The Kier molecular flexibility index (Phi) is 14.6. The van der Waals surface area contributed by atoms with E-state index in [1.165, 1.54) is 0 Å². The van der Waals surface area contributed by atoms with Crippen LogP contribution in [-0.4, -0.2) is 87.4 Å². The smallest absolute Gasteiger partial charge is 0.306 e. The molecule has 4 atom stereocenters. The van der Waals surface area contributed by atoms with Crippen LogP contribution in [0.3, 0.4) is 0 Å². The van der Waals surface area contributed by atoms with Crippen LogP contribution in [0.25, 0.3) is 0 Å². The molecule has 200 valence electrons. The summed E-state index contributed by atoms with van der Waals surface area (Å²) in [5.41, 5.74) is 0. The molecule has 0 spiro atoms. The molecule has 35 heavy (non-hydrogen) atoms. The Hall–Kier alpha value is -2.15. The number of hydrogen-bond acceptors (Lipinski definition) is 8. The first-order valence-electron chi connectivity index (χ1n) is 12.7. The highest BCUT2D eigenvalue weighted by Crippen LogP contribution is 2.26. The number of nitrogens with zero attached hydrogens (tertiary/aromatic N) is 1. The van der Waals surface area contributed by atoms with Crippen molar-refractivity contribution >= 4 is 17.9 Å². The van der Waals surface area contributed by atoms with Gasteiger partial charge in [-0.2, -0.15) is 0 Å². The van der Waals surface area contributed by atoms with Gasteiger partial charge in [0.05, 0.1) is 33.9 Å². The van der Waals surface area contributed by atoms with E-state index in [4.69, 9.17) is 30.1 Å². The predicted octanol–water partition coefficient (Wildman–Crippen LogP) is 2.98. The number of esters is 3. The van der Waals surface area contributed by atoms with Crippen molar-refractivity contribution in [2.45, 2.75) is 96.7 Å². The third-order valence-electron chi connectivity index (χ3n) is 5.52. The van der Waals surface area contributed by atoms with Crippen LogP contribution < -0.4 is 0 Å². The van der Waals surface area contributed by atoms with Gasteiger partial charge in [-0.05, 0) is 38.0 Å². The first kappa shape index (κ1) is 30.9. The maximum Gasteiger partial charge on any atom is 0.306 e. The molecule has 2 unspecified atom stereocenters. The summed E-state index contributed by atoms with van der Waals surface area (Å²) >= 11 is 0. The summed E-state index contributed by atoms with van der Waals surface area (Å²) < 4.78 is 29.4. The Morgan fingerprint density at radius 3 is 1.97 bits per heavy atom. The molecule has 1 aliphatic heterocycles. The number of hydrogen-bond donors (Lipinski definition) is 0. The Balaban J connectivity index is 2.94. The van der Waals surface area contributed by atoms with Gasteiger partial charge >= 0.3 is 17.9 Å². The molecule has 9 nitrogen and oxygen atoms in total. The van der Waals surface area contributed by atoms with Crippen LogP contribution >= 0.6 is 0 Å². The number of unbranched alkanes of at least 4 members (excludes halogenated alkanes) is 1. The maximum absolute atomic E-state index is 12.4. The molecule has 0 amide bonds. The second-order valence-electron chi connectivity index (χ2n) is 9.49. The third kappa shape index (κ3) is 11.9. The minimum atomic E-state index is -1.04. The van der Waals surface area contributed by atoms with Crippen molar-refractivity contribution in [1.29, 1.82) is 0 Å². The van der Waals surface area contributed by atoms with Crippen molar-refractivity contribution in [2.24, 2.45) is 0 Å². The van der Waals surface area contributed by atoms with E-state index in [0.29, 0.717) is 36.9 Å². The molecule has 0 saturated carbocycles. The second kappa shape index (κ2) is 16.5. The normalized spacial score (nSPS) is 22.2. The molecule has 0 aromatic rings. The van der Waals surface area contributed by atoms with E-state index in [0.717, 1.165) is 19.4 Å². The van der Waals surface area contributed by atoms with Gasteiger partial charge in [-0.1, -0.05) is 20.8 Å². The number of terminal acetylenes is 1. The molecule has 9 heteroatoms. The standard InChI is InChI=1S/C26H44NO8/c1-7-13-21(28)33-20-19-32-26(31-18-12-11-17-27(5,6)16-10-4)25(35-23(30)15-9-3)24(20)34-22(29)14-8-2/h4,20,24-26H,7-9,11-19H2,1-3,5-6H3/q+1/t20-,24?,25-,26?/m1/s1. The Morgan fingerprint density at radius 1 is 0.886 bits per heavy atom. The predicted molar refractivity (Wildman–Crippen MR) is 130 cm³/mol. The first-order valence-corrected chi connectivity index (χ1v) is 12.7. The molecule has 1 aliphatic rings. The van der Waals surface area contributed by atoms with Crippen molar-refractivity contribution in [3.05, 3.63) is 0 Å². The van der Waals surface area contributed by atoms with Crippen LogP contribution in [0.2, 0.25) is 0 Å². The molecule has 1 rings (SSSR count). The van der Waals surface area contributed by atoms with Crippen molar-refractivity contribution in [3.63, 3.8) is 0 Å². The minimum Gasteiger partial charge on any atom is -0.456 e. The zero-order valence-electron chi connectivity index (χ0n) is 22.1. The quantitative estimate of drug-likeness (QED) is 0.105. The summed E-state index contributed by atoms with van der Waals surface area (Å²) in [6, 6.07) is 0. The van der Waals surface area contributed by atoms with Gasteiger partial charge in [0.1, 0.15) is 6.54 Å². The van der Waals surface area contributed by atoms with Crippen molar-refractivity contribution < 1.29 is 42.6 Å². The van der Waals surface area contributed by atoms with Crippen LogP contribution in [0.15, 0.2) is 0 Å². The van der Waals surface area contributed by atoms with Gasteiger partial charge in [0.25, 0.3) is 0 Å². The fraction of sp³-hybridized carbons (Fsp3) is 0.808. The summed E-state index contributed by atoms with van der Waals surface area (Å²) in [7, 11) is 4.15. The number of rotatable bonds is 16. The van der Waals surface area contributed by atoms with Crippen LogP contribution in [0, 0.1) is 12.3 Å². The monoisotopic (exact) mass is 498 g/mol. The SMILES string of the molecule is C#CC[N+](C)(C)CCCCOC1OC[C@@H](OC(=O)CCC)C(OC(=O)CCC)[C@H]1OC(=O)CCC. The average Bonchev–Trinajstić information content (AvgIpc) is 2.77. The molecule has 0 N–H and O–H groups in total. The van der Waals surface area contributed by atoms with Crippen LogP contribution in [0.5, 0.6) is 0 Å². The Morgan fingerprint density at radius 2 is 1.43 bits per heavy atom. The first-order chi connectivity index (χ1) is 16.7. The minimum absolute atomic E-state index is 0.0297. The fourth-order valence-corrected chi connectivity index (χ4v) is 3.68. The van der Waals surface area contributed by atoms with E-state index >= 15 is 0 Å². The topological polar surface area (TPSA) is 97.4 Å². The zero-order chi connectivity index (χ0) is 26.3. The lowest BCUT2D eigenvalue weighted by atomic mass is 10.0. The maximum atomic E-state index is 12.4. The molecule has 0 radical (unpaired) electrons. The van der Waals surface area contributed by atoms with Crippen molar-refractivity contribution in [3.8, 4) is 12.3 Å². The van der Waals surface area contributed by atoms with E-state index in [-0.39, 0.29) is 25.9 Å². The zero-order valence-corrected chi connectivity index (χ0v) is 22.1. The van der Waals surface area contributed by atoms with E-state index in [1.54, 1.807) is 0 Å². The lowest BCUT2D eigenvalue weighted by Gasteiger charge is -2.40. The second-order valence-corrected chi connectivity index (χ2v) is 9.49. The van der Waals surface area contributed by atoms with Gasteiger partial charge in [-0.15, -0.1) is 6.42 Å². The molecular weight excluding hydrogens is 454 g/mol. The summed E-state index contributed by atoms with van der Waals surface area (Å²) in [5, 5.41) is 0. The van der Waals surface area contributed by atoms with Crippen LogP contribution in [0.4, 0.5) is 0 Å². The van der Waals surface area contributed by atoms with Gasteiger partial charge in [-0.25, -0.2) is 0 Å². The third-order valence-corrected chi connectivity index (χ3v) is 5.52. The number of quaternary nitrogens is 1. The van der Waals surface area contributed by atoms with Gasteiger partial charge < -0.3 is 28.2 Å². The molecule has 0 aromatic heterocycles. The number of carbonyl (C=O) groups is 3. The van der Waals surface area contributed by atoms with E-state index in [1.807, 2.05) is 20.8 Å². The highest BCUT2D eigenvalue weighted by Gasteiger charge is 2.48. The molecule has 1 fully saturated rings.